The number of anilines is 1. The first kappa shape index (κ1) is 34.7. The van der Waals surface area contributed by atoms with Crippen LogP contribution < -0.4 is 20.5 Å². The van der Waals surface area contributed by atoms with Gasteiger partial charge in [-0.25, -0.2) is 15.0 Å². The Morgan fingerprint density at radius 1 is 0.836 bits per heavy atom. The van der Waals surface area contributed by atoms with Crippen LogP contribution in [-0.4, -0.2) is 46.4 Å². The molecule has 9 rings (SSSR count). The lowest BCUT2D eigenvalue weighted by Gasteiger charge is -2.18. The summed E-state index contributed by atoms with van der Waals surface area (Å²) in [5.74, 6) is 2.74. The van der Waals surface area contributed by atoms with Crippen LogP contribution >= 0.6 is 0 Å². The number of nitrogens with one attached hydrogen (secondary N) is 1. The molecule has 1 fully saturated rings. The van der Waals surface area contributed by atoms with E-state index in [1.54, 1.807) is 13.3 Å². The van der Waals surface area contributed by atoms with E-state index in [9.17, 15) is 0 Å². The number of fused-ring (bicyclic) bond motifs is 2. The van der Waals surface area contributed by atoms with Crippen LogP contribution in [0.1, 0.15) is 46.6 Å². The minimum Gasteiger partial charge on any atom is -0.497 e. The van der Waals surface area contributed by atoms with Gasteiger partial charge in [-0.05, 0) is 109 Å². The molecule has 1 atom stereocenters. The Morgan fingerprint density at radius 2 is 1.67 bits per heavy atom. The second kappa shape index (κ2) is 15.3. The van der Waals surface area contributed by atoms with Crippen LogP contribution in [0, 0.1) is 0 Å². The lowest BCUT2D eigenvalue weighted by atomic mass is 10.0. The summed E-state index contributed by atoms with van der Waals surface area (Å²) in [5, 5.41) is 3.84. The van der Waals surface area contributed by atoms with Gasteiger partial charge >= 0.3 is 0 Å². The number of imidazole rings is 1. The maximum Gasteiger partial charge on any atom is 0.187 e. The van der Waals surface area contributed by atoms with E-state index < -0.39 is 6.29 Å². The van der Waals surface area contributed by atoms with Gasteiger partial charge in [-0.15, -0.1) is 0 Å². The van der Waals surface area contributed by atoms with Crippen molar-refractivity contribution in [3.05, 3.63) is 149 Å². The molecule has 10 heteroatoms. The first-order valence-electron chi connectivity index (χ1n) is 18.8. The van der Waals surface area contributed by atoms with Crippen LogP contribution in [0.15, 0.2) is 121 Å². The maximum atomic E-state index is 6.41. The number of ether oxygens (including phenoxy) is 4. The zero-order valence-corrected chi connectivity index (χ0v) is 30.7. The second-order valence-electron chi connectivity index (χ2n) is 13.9. The quantitative estimate of drug-likeness (QED) is 0.128. The Hall–Kier alpha value is -6.07. The van der Waals surface area contributed by atoms with E-state index in [1.165, 1.54) is 16.7 Å². The highest BCUT2D eigenvalue weighted by molar-refractivity contribution is 5.84. The Kier molecular flexibility index (Phi) is 9.68. The molecule has 0 amide bonds. The molecule has 4 aromatic carbocycles. The van der Waals surface area contributed by atoms with Crippen molar-refractivity contribution >= 4 is 17.0 Å². The fourth-order valence-electron chi connectivity index (χ4n) is 7.59. The van der Waals surface area contributed by atoms with Crippen LogP contribution in [0.5, 0.6) is 11.5 Å². The molecule has 55 heavy (non-hydrogen) atoms. The van der Waals surface area contributed by atoms with Crippen LogP contribution in [-0.2, 0) is 28.9 Å². The number of nitrogens with two attached hydrogens (primary N) is 1. The van der Waals surface area contributed by atoms with Gasteiger partial charge in [0.1, 0.15) is 29.4 Å². The number of pyridine rings is 2. The zero-order valence-electron chi connectivity index (χ0n) is 30.7. The minimum atomic E-state index is -0.433. The maximum absolute atomic E-state index is 6.41. The molecular formula is C45H42N6O4. The van der Waals surface area contributed by atoms with Gasteiger partial charge < -0.3 is 30.0 Å². The normalized spacial score (nSPS) is 15.4. The van der Waals surface area contributed by atoms with Gasteiger partial charge in [0, 0.05) is 23.5 Å². The summed E-state index contributed by atoms with van der Waals surface area (Å²) < 4.78 is 25.5. The van der Waals surface area contributed by atoms with E-state index in [0.29, 0.717) is 25.6 Å². The highest BCUT2D eigenvalue weighted by Gasteiger charge is 2.26. The van der Waals surface area contributed by atoms with Crippen molar-refractivity contribution in [2.75, 3.05) is 32.6 Å². The Bertz CT molecular complexity index is 2440. The Balaban J connectivity index is 0.937. The number of aryl methyl sites for hydroxylation is 1. The Morgan fingerprint density at radius 3 is 2.49 bits per heavy atom. The molecule has 0 saturated carbocycles. The highest BCUT2D eigenvalue weighted by Crippen LogP contribution is 2.37. The number of hydrogen-bond donors (Lipinski definition) is 2. The molecular weight excluding hydrogens is 689 g/mol. The summed E-state index contributed by atoms with van der Waals surface area (Å²) in [4.78, 5) is 14.6. The standard InChI is InChI=1S/C45H42N6O4/c1-52-34-14-9-30(10-15-34)28-55-41-20-11-29(26-37(41)45-53-24-25-54-45)21-23-47-39-17-12-32-27-33(13-16-35(32)39)51-43(36-8-5-22-48-42(36)46)50-40-19-18-38(49-44(40)51)31-6-3-2-4-7-31/h2-11,13-16,18-20,22,26-27,39,45,47H,12,17,21,23-25,28H2,1H3,(H2,46,48). The van der Waals surface area contributed by atoms with Crippen LogP contribution in [0.4, 0.5) is 5.82 Å². The average molecular weight is 731 g/mol. The molecule has 0 bridgehead atoms. The van der Waals surface area contributed by atoms with Gasteiger partial charge in [0.25, 0.3) is 0 Å². The van der Waals surface area contributed by atoms with Gasteiger partial charge in [0.2, 0.25) is 0 Å². The summed E-state index contributed by atoms with van der Waals surface area (Å²) in [5.41, 5.74) is 17.5. The summed E-state index contributed by atoms with van der Waals surface area (Å²) in [7, 11) is 1.67. The number of benzene rings is 4. The minimum absolute atomic E-state index is 0.257. The molecule has 1 aliphatic carbocycles. The third-order valence-electron chi connectivity index (χ3n) is 10.4. The third-order valence-corrected chi connectivity index (χ3v) is 10.4. The van der Waals surface area contributed by atoms with Crippen molar-refractivity contribution in [1.29, 1.82) is 0 Å². The molecule has 1 unspecified atom stereocenters. The summed E-state index contributed by atoms with van der Waals surface area (Å²) in [6.07, 6.45) is 4.12. The number of methoxy groups -OCH3 is 1. The predicted octanol–water partition coefficient (Wildman–Crippen LogP) is 8.18. The van der Waals surface area contributed by atoms with Crippen molar-refractivity contribution in [2.24, 2.45) is 0 Å². The summed E-state index contributed by atoms with van der Waals surface area (Å²) in [6, 6.07) is 39.3. The molecule has 3 N–H and O–H groups in total. The van der Waals surface area contributed by atoms with Crippen molar-refractivity contribution in [1.82, 2.24) is 24.8 Å². The lowest BCUT2D eigenvalue weighted by Crippen LogP contribution is -2.22. The summed E-state index contributed by atoms with van der Waals surface area (Å²) in [6.45, 7) is 2.40. The van der Waals surface area contributed by atoms with Crippen LogP contribution in [0.25, 0.3) is 39.5 Å². The molecule has 1 saturated heterocycles. The van der Waals surface area contributed by atoms with E-state index >= 15 is 0 Å². The molecule has 2 aliphatic rings. The largest absolute Gasteiger partial charge is 0.497 e. The first-order valence-corrected chi connectivity index (χ1v) is 18.8. The van der Waals surface area contributed by atoms with Crippen molar-refractivity contribution in [2.45, 2.75) is 38.2 Å². The number of aromatic nitrogens is 4. The molecule has 0 radical (unpaired) electrons. The average Bonchev–Trinajstić information content (AvgIpc) is 4.00. The first-order chi connectivity index (χ1) is 27.1. The van der Waals surface area contributed by atoms with E-state index in [-0.39, 0.29) is 6.04 Å². The van der Waals surface area contributed by atoms with Crippen molar-refractivity contribution < 1.29 is 18.9 Å². The van der Waals surface area contributed by atoms with E-state index in [2.05, 4.69) is 57.3 Å². The fraction of sp³-hybridized carbons (Fsp3) is 0.222. The van der Waals surface area contributed by atoms with Gasteiger partial charge in [-0.1, -0.05) is 54.6 Å². The van der Waals surface area contributed by atoms with Gasteiger partial charge in [-0.3, -0.25) is 4.57 Å². The van der Waals surface area contributed by atoms with Gasteiger partial charge in [-0.2, -0.15) is 0 Å². The zero-order chi connectivity index (χ0) is 37.1. The number of nitrogens with zero attached hydrogens (tertiary/aromatic N) is 4. The van der Waals surface area contributed by atoms with Crippen molar-refractivity contribution in [3.63, 3.8) is 0 Å². The highest BCUT2D eigenvalue weighted by atomic mass is 16.7. The molecule has 1 aliphatic heterocycles. The number of nitrogen functional groups attached to an aromatic ring is 1. The lowest BCUT2D eigenvalue weighted by molar-refractivity contribution is -0.0459. The topological polar surface area (TPSA) is 119 Å². The van der Waals surface area contributed by atoms with E-state index in [1.807, 2.05) is 72.8 Å². The number of rotatable bonds is 12. The van der Waals surface area contributed by atoms with Crippen molar-refractivity contribution in [3.8, 4) is 39.8 Å². The molecule has 276 valence electrons. The third kappa shape index (κ3) is 7.15. The monoisotopic (exact) mass is 730 g/mol. The molecule has 4 heterocycles. The summed E-state index contributed by atoms with van der Waals surface area (Å²) >= 11 is 0. The fourth-order valence-corrected chi connectivity index (χ4v) is 7.59. The number of hydrogen-bond acceptors (Lipinski definition) is 9. The molecule has 3 aromatic heterocycles. The molecule has 10 nitrogen and oxygen atoms in total. The SMILES string of the molecule is COc1ccc(COc2ccc(CCNC3CCc4cc(-n5c(-c6cccnc6N)nc6ccc(-c7ccccc7)nc65)ccc43)cc2C2OCCO2)cc1. The second-order valence-corrected chi connectivity index (χ2v) is 13.9. The smallest absolute Gasteiger partial charge is 0.187 e. The van der Waals surface area contributed by atoms with Gasteiger partial charge in [0.15, 0.2) is 17.8 Å². The van der Waals surface area contributed by atoms with E-state index in [0.717, 1.165) is 87.9 Å². The van der Waals surface area contributed by atoms with Crippen LogP contribution in [0.3, 0.4) is 0 Å². The Labute approximate surface area is 319 Å². The van der Waals surface area contributed by atoms with Gasteiger partial charge in [0.05, 0.1) is 37.1 Å². The van der Waals surface area contributed by atoms with E-state index in [4.69, 9.17) is 34.6 Å². The molecule has 7 aromatic rings. The predicted molar refractivity (Wildman–Crippen MR) is 213 cm³/mol. The molecule has 0 spiro atoms. The van der Waals surface area contributed by atoms with Crippen LogP contribution in [0.2, 0.25) is 0 Å².